The number of piperidine rings is 1. The molecule has 4 nitrogen and oxygen atoms in total. The Morgan fingerprint density at radius 2 is 1.96 bits per heavy atom. The molecule has 0 atom stereocenters. The fourth-order valence-electron chi connectivity index (χ4n) is 2.83. The minimum absolute atomic E-state index is 0.112. The lowest BCUT2D eigenvalue weighted by Crippen LogP contribution is -2.34. The number of nitrogens with zero attached hydrogens (tertiary/aromatic N) is 1. The quantitative estimate of drug-likeness (QED) is 0.905. The molecule has 2 aromatic rings. The van der Waals surface area contributed by atoms with Crippen LogP contribution < -0.4 is 10.6 Å². The van der Waals surface area contributed by atoms with Crippen LogP contribution >= 0.6 is 11.3 Å². The lowest BCUT2D eigenvalue weighted by Gasteiger charge is -2.20. The zero-order chi connectivity index (χ0) is 16.2. The zero-order valence-corrected chi connectivity index (χ0v) is 14.5. The summed E-state index contributed by atoms with van der Waals surface area (Å²) >= 11 is 1.59. The van der Waals surface area contributed by atoms with Crippen molar-refractivity contribution in [3.63, 3.8) is 0 Å². The van der Waals surface area contributed by atoms with Crippen LogP contribution in [0.4, 0.5) is 5.13 Å². The fraction of sp³-hybridized carbons (Fsp3) is 0.444. The molecule has 1 aromatic heterocycles. The number of carbonyl (C=O) groups is 1. The van der Waals surface area contributed by atoms with Crippen molar-refractivity contribution in [2.45, 2.75) is 33.1 Å². The van der Waals surface area contributed by atoms with E-state index in [1.54, 1.807) is 11.3 Å². The molecule has 1 aliphatic heterocycles. The second kappa shape index (κ2) is 7.23. The van der Waals surface area contributed by atoms with Crippen LogP contribution in [-0.4, -0.2) is 24.0 Å². The molecule has 1 aromatic carbocycles. The Balaban J connectivity index is 1.65. The molecule has 23 heavy (non-hydrogen) atoms. The van der Waals surface area contributed by atoms with Gasteiger partial charge in [-0.1, -0.05) is 29.8 Å². The van der Waals surface area contributed by atoms with E-state index in [2.05, 4.69) is 46.8 Å². The molecule has 0 saturated carbocycles. The monoisotopic (exact) mass is 329 g/mol. The predicted molar refractivity (Wildman–Crippen MR) is 95.1 cm³/mol. The van der Waals surface area contributed by atoms with Gasteiger partial charge in [-0.15, -0.1) is 11.3 Å². The smallest absolute Gasteiger partial charge is 0.229 e. The number of aromatic nitrogens is 1. The van der Waals surface area contributed by atoms with Gasteiger partial charge in [-0.05, 0) is 45.3 Å². The summed E-state index contributed by atoms with van der Waals surface area (Å²) in [6.45, 7) is 5.96. The molecule has 0 bridgehead atoms. The Labute approximate surface area is 141 Å². The van der Waals surface area contributed by atoms with Gasteiger partial charge in [0.15, 0.2) is 5.13 Å². The second-order valence-corrected chi connectivity index (χ2v) is 7.29. The topological polar surface area (TPSA) is 54.0 Å². The summed E-state index contributed by atoms with van der Waals surface area (Å²) in [6, 6.07) is 8.57. The number of hydrogen-bond donors (Lipinski definition) is 2. The first-order valence-corrected chi connectivity index (χ1v) is 8.97. The summed E-state index contributed by atoms with van der Waals surface area (Å²) in [7, 11) is 0. The third-order valence-electron chi connectivity index (χ3n) is 4.32. The van der Waals surface area contributed by atoms with Crippen LogP contribution in [0.5, 0.6) is 0 Å². The summed E-state index contributed by atoms with van der Waals surface area (Å²) < 4.78 is 0. The molecule has 1 amide bonds. The van der Waals surface area contributed by atoms with Crippen LogP contribution in [0.25, 0.3) is 0 Å². The van der Waals surface area contributed by atoms with Crippen LogP contribution in [0.1, 0.15) is 34.5 Å². The zero-order valence-electron chi connectivity index (χ0n) is 13.7. The summed E-state index contributed by atoms with van der Waals surface area (Å²) in [6.07, 6.45) is 2.69. The molecule has 122 valence electrons. The first kappa shape index (κ1) is 16.1. The number of thiazole rings is 1. The number of hydrogen-bond acceptors (Lipinski definition) is 4. The van der Waals surface area contributed by atoms with E-state index in [0.717, 1.165) is 43.2 Å². The first-order chi connectivity index (χ1) is 11.1. The molecule has 0 aliphatic carbocycles. The number of nitrogens with one attached hydrogen (secondary N) is 2. The van der Waals surface area contributed by atoms with Gasteiger partial charge in [0, 0.05) is 17.2 Å². The lowest BCUT2D eigenvalue weighted by molar-refractivity contribution is -0.120. The average Bonchev–Trinajstić information content (AvgIpc) is 2.90. The Morgan fingerprint density at radius 3 is 2.65 bits per heavy atom. The van der Waals surface area contributed by atoms with Gasteiger partial charge < -0.3 is 10.6 Å². The number of anilines is 1. The van der Waals surface area contributed by atoms with E-state index in [-0.39, 0.29) is 11.8 Å². The van der Waals surface area contributed by atoms with Crippen molar-refractivity contribution in [1.29, 1.82) is 0 Å². The van der Waals surface area contributed by atoms with Crippen molar-refractivity contribution in [3.8, 4) is 0 Å². The maximum absolute atomic E-state index is 12.3. The summed E-state index contributed by atoms with van der Waals surface area (Å²) in [5.41, 5.74) is 3.56. The van der Waals surface area contributed by atoms with Crippen molar-refractivity contribution in [3.05, 3.63) is 46.0 Å². The molecule has 0 spiro atoms. The highest BCUT2D eigenvalue weighted by Gasteiger charge is 2.22. The molecule has 3 rings (SSSR count). The average molecular weight is 329 g/mol. The molecule has 0 unspecified atom stereocenters. The first-order valence-electron chi connectivity index (χ1n) is 8.15. The maximum atomic E-state index is 12.3. The Morgan fingerprint density at radius 1 is 1.26 bits per heavy atom. The molecule has 2 N–H and O–H groups in total. The van der Waals surface area contributed by atoms with Gasteiger partial charge in [0.05, 0.1) is 5.69 Å². The number of aryl methyl sites for hydroxylation is 2. The summed E-state index contributed by atoms with van der Waals surface area (Å²) in [5.74, 6) is 0.225. The highest BCUT2D eigenvalue weighted by atomic mass is 32.1. The van der Waals surface area contributed by atoms with E-state index in [1.807, 2.05) is 6.92 Å². The Kier molecular flexibility index (Phi) is 5.08. The van der Waals surface area contributed by atoms with Crippen LogP contribution in [0, 0.1) is 19.8 Å². The molecule has 1 aliphatic rings. The van der Waals surface area contributed by atoms with Crippen molar-refractivity contribution in [2.75, 3.05) is 18.4 Å². The second-order valence-electron chi connectivity index (χ2n) is 6.20. The van der Waals surface area contributed by atoms with E-state index >= 15 is 0 Å². The van der Waals surface area contributed by atoms with Gasteiger partial charge in [-0.3, -0.25) is 4.79 Å². The van der Waals surface area contributed by atoms with E-state index in [0.29, 0.717) is 0 Å². The predicted octanol–water partition coefficient (Wildman–Crippen LogP) is 3.29. The van der Waals surface area contributed by atoms with Crippen molar-refractivity contribution in [2.24, 2.45) is 5.92 Å². The summed E-state index contributed by atoms with van der Waals surface area (Å²) in [4.78, 5) is 18.1. The van der Waals surface area contributed by atoms with E-state index in [4.69, 9.17) is 0 Å². The molecule has 0 radical (unpaired) electrons. The molecule has 2 heterocycles. The number of amides is 1. The summed E-state index contributed by atoms with van der Waals surface area (Å²) in [5, 5.41) is 7.02. The van der Waals surface area contributed by atoms with E-state index in [1.165, 1.54) is 16.0 Å². The maximum Gasteiger partial charge on any atom is 0.229 e. The SMILES string of the molecule is Cc1ccc(Cc2sc(NC(=O)C3CCNCC3)nc2C)cc1. The van der Waals surface area contributed by atoms with Gasteiger partial charge in [0.2, 0.25) is 5.91 Å². The third kappa shape index (κ3) is 4.18. The number of carbonyl (C=O) groups excluding carboxylic acids is 1. The largest absolute Gasteiger partial charge is 0.317 e. The highest BCUT2D eigenvalue weighted by Crippen LogP contribution is 2.26. The van der Waals surface area contributed by atoms with Crippen LogP contribution in [-0.2, 0) is 11.2 Å². The van der Waals surface area contributed by atoms with Gasteiger partial charge >= 0.3 is 0 Å². The van der Waals surface area contributed by atoms with Crippen molar-refractivity contribution in [1.82, 2.24) is 10.3 Å². The van der Waals surface area contributed by atoms with E-state index < -0.39 is 0 Å². The van der Waals surface area contributed by atoms with Crippen molar-refractivity contribution < 1.29 is 4.79 Å². The fourth-order valence-corrected chi connectivity index (χ4v) is 3.83. The Hall–Kier alpha value is -1.72. The van der Waals surface area contributed by atoms with Crippen LogP contribution in [0.3, 0.4) is 0 Å². The minimum atomic E-state index is 0.112. The molecule has 5 heteroatoms. The normalized spacial score (nSPS) is 15.6. The lowest BCUT2D eigenvalue weighted by atomic mass is 9.97. The van der Waals surface area contributed by atoms with Gasteiger partial charge in [-0.2, -0.15) is 0 Å². The number of benzene rings is 1. The van der Waals surface area contributed by atoms with Crippen LogP contribution in [0.15, 0.2) is 24.3 Å². The van der Waals surface area contributed by atoms with E-state index in [9.17, 15) is 4.79 Å². The van der Waals surface area contributed by atoms with Crippen LogP contribution in [0.2, 0.25) is 0 Å². The molecule has 1 fully saturated rings. The molecule has 1 saturated heterocycles. The van der Waals surface area contributed by atoms with Gasteiger partial charge in [0.1, 0.15) is 0 Å². The molecular weight excluding hydrogens is 306 g/mol. The van der Waals surface area contributed by atoms with Gasteiger partial charge in [0.25, 0.3) is 0 Å². The standard InChI is InChI=1S/C18H23N3OS/c1-12-3-5-14(6-4-12)11-16-13(2)20-18(23-16)21-17(22)15-7-9-19-10-8-15/h3-6,15,19H,7-11H2,1-2H3,(H,20,21,22). The highest BCUT2D eigenvalue weighted by molar-refractivity contribution is 7.15. The minimum Gasteiger partial charge on any atom is -0.317 e. The van der Waals surface area contributed by atoms with Gasteiger partial charge in [-0.25, -0.2) is 4.98 Å². The number of rotatable bonds is 4. The Bertz CT molecular complexity index is 672. The molecular formula is C18H23N3OS. The third-order valence-corrected chi connectivity index (χ3v) is 5.39. The van der Waals surface area contributed by atoms with Crippen molar-refractivity contribution >= 4 is 22.4 Å².